The highest BCUT2D eigenvalue weighted by Gasteiger charge is 2.37. The van der Waals surface area contributed by atoms with Crippen LogP contribution in [0.15, 0.2) is 77.7 Å². The van der Waals surface area contributed by atoms with Crippen LogP contribution in [0.4, 0.5) is 0 Å². The summed E-state index contributed by atoms with van der Waals surface area (Å²) in [5, 5.41) is 6.53. The van der Waals surface area contributed by atoms with Crippen molar-refractivity contribution in [2.75, 3.05) is 6.54 Å². The van der Waals surface area contributed by atoms with E-state index < -0.39 is 0 Å². The fourth-order valence-electron chi connectivity index (χ4n) is 4.88. The molecule has 1 saturated carbocycles. The zero-order valence-electron chi connectivity index (χ0n) is 17.7. The maximum atomic E-state index is 12.7. The van der Waals surface area contributed by atoms with Crippen molar-refractivity contribution in [1.29, 1.82) is 0 Å². The van der Waals surface area contributed by atoms with Gasteiger partial charge in [0.2, 0.25) is 0 Å². The minimum absolute atomic E-state index is 0.0507. The van der Waals surface area contributed by atoms with E-state index in [0.29, 0.717) is 6.54 Å². The van der Waals surface area contributed by atoms with Gasteiger partial charge in [0, 0.05) is 40.2 Å². The lowest BCUT2D eigenvalue weighted by atomic mass is 9.68. The fraction of sp³-hybridized carbons (Fsp3) is 0.269. The van der Waals surface area contributed by atoms with Gasteiger partial charge in [-0.05, 0) is 61.6 Å². The van der Waals surface area contributed by atoms with Crippen molar-refractivity contribution in [2.45, 2.75) is 37.1 Å². The lowest BCUT2D eigenvalue weighted by molar-refractivity contribution is 0.222. The van der Waals surface area contributed by atoms with Crippen molar-refractivity contribution in [2.24, 2.45) is 5.73 Å². The molecule has 32 heavy (non-hydrogen) atoms. The molecule has 0 aliphatic heterocycles. The molecule has 0 atom stereocenters. The molecule has 2 aromatic carbocycles. The standard InChI is InChI=1S/C26H25ClN4O/c27-21-6-3-5-20(15-21)26(17-28)12-10-22(11-13-26)31-25(32)9-8-24(30-31)19-14-18-4-1-2-7-23(18)29-16-19/h1-9,14-16,22H,10-13,17,28H2. The molecule has 162 valence electrons. The summed E-state index contributed by atoms with van der Waals surface area (Å²) in [5.74, 6) is 0. The van der Waals surface area contributed by atoms with Gasteiger partial charge < -0.3 is 5.73 Å². The second kappa shape index (κ2) is 8.49. The molecule has 5 nitrogen and oxygen atoms in total. The van der Waals surface area contributed by atoms with Gasteiger partial charge in [-0.1, -0.05) is 41.9 Å². The number of benzene rings is 2. The first-order valence-electron chi connectivity index (χ1n) is 11.0. The molecule has 0 amide bonds. The molecule has 1 aliphatic rings. The minimum Gasteiger partial charge on any atom is -0.330 e. The first-order chi connectivity index (χ1) is 15.6. The number of fused-ring (bicyclic) bond motifs is 1. The van der Waals surface area contributed by atoms with Crippen LogP contribution in [0.5, 0.6) is 0 Å². The van der Waals surface area contributed by atoms with Crippen molar-refractivity contribution in [3.8, 4) is 11.3 Å². The van der Waals surface area contributed by atoms with Crippen LogP contribution in [0.25, 0.3) is 22.2 Å². The molecule has 1 fully saturated rings. The van der Waals surface area contributed by atoms with Crippen molar-refractivity contribution in [1.82, 2.24) is 14.8 Å². The smallest absolute Gasteiger partial charge is 0.267 e. The Morgan fingerprint density at radius 3 is 2.62 bits per heavy atom. The van der Waals surface area contributed by atoms with Gasteiger partial charge in [-0.3, -0.25) is 9.78 Å². The van der Waals surface area contributed by atoms with Crippen LogP contribution in [0.3, 0.4) is 0 Å². The van der Waals surface area contributed by atoms with E-state index in [1.54, 1.807) is 16.8 Å². The van der Waals surface area contributed by atoms with E-state index in [0.717, 1.165) is 52.9 Å². The SMILES string of the molecule is NCC1(c2cccc(Cl)c2)CCC(n2nc(-c3cnc4ccccc4c3)ccc2=O)CC1. The average molecular weight is 445 g/mol. The van der Waals surface area contributed by atoms with Gasteiger partial charge in [-0.25, -0.2) is 4.68 Å². The van der Waals surface area contributed by atoms with Crippen molar-refractivity contribution in [3.63, 3.8) is 0 Å². The first-order valence-corrected chi connectivity index (χ1v) is 11.4. The highest BCUT2D eigenvalue weighted by Crippen LogP contribution is 2.42. The number of pyridine rings is 1. The summed E-state index contributed by atoms with van der Waals surface area (Å²) in [7, 11) is 0. The zero-order valence-corrected chi connectivity index (χ0v) is 18.5. The topological polar surface area (TPSA) is 73.8 Å². The average Bonchev–Trinajstić information content (AvgIpc) is 2.84. The van der Waals surface area contributed by atoms with Crippen LogP contribution in [0, 0.1) is 0 Å². The highest BCUT2D eigenvalue weighted by atomic mass is 35.5. The predicted molar refractivity (Wildman–Crippen MR) is 129 cm³/mol. The Morgan fingerprint density at radius 2 is 1.84 bits per heavy atom. The third-order valence-electron chi connectivity index (χ3n) is 6.80. The molecular formula is C26H25ClN4O. The van der Waals surface area contributed by atoms with Gasteiger partial charge in [-0.2, -0.15) is 5.10 Å². The second-order valence-electron chi connectivity index (χ2n) is 8.64. The van der Waals surface area contributed by atoms with Gasteiger partial charge >= 0.3 is 0 Å². The Balaban J connectivity index is 1.43. The lowest BCUT2D eigenvalue weighted by Crippen LogP contribution is -2.41. The predicted octanol–water partition coefficient (Wildman–Crippen LogP) is 5.12. The number of nitrogens with zero attached hydrogens (tertiary/aromatic N) is 3. The third kappa shape index (κ3) is 3.83. The second-order valence-corrected chi connectivity index (χ2v) is 9.08. The van der Waals surface area contributed by atoms with Crippen LogP contribution >= 0.6 is 11.6 Å². The van der Waals surface area contributed by atoms with E-state index in [2.05, 4.69) is 17.1 Å². The van der Waals surface area contributed by atoms with E-state index in [1.807, 2.05) is 48.7 Å². The minimum atomic E-state index is -0.106. The lowest BCUT2D eigenvalue weighted by Gasteiger charge is -2.40. The van der Waals surface area contributed by atoms with Crippen LogP contribution in [-0.2, 0) is 5.41 Å². The Morgan fingerprint density at radius 1 is 1.03 bits per heavy atom. The van der Waals surface area contributed by atoms with Gasteiger partial charge in [0.05, 0.1) is 17.3 Å². The Hall–Kier alpha value is -3.02. The molecule has 2 N–H and O–H groups in total. The molecule has 4 aromatic rings. The monoisotopic (exact) mass is 444 g/mol. The van der Waals surface area contributed by atoms with Crippen molar-refractivity contribution >= 4 is 22.5 Å². The summed E-state index contributed by atoms with van der Waals surface area (Å²) in [5.41, 5.74) is 9.85. The summed E-state index contributed by atoms with van der Waals surface area (Å²) in [6, 6.07) is 21.5. The Labute approximate surface area is 191 Å². The normalized spacial score (nSPS) is 21.0. The van der Waals surface area contributed by atoms with Gasteiger partial charge in [-0.15, -0.1) is 0 Å². The number of aromatic nitrogens is 3. The summed E-state index contributed by atoms with van der Waals surface area (Å²) in [4.78, 5) is 17.2. The number of halogens is 1. The Kier molecular flexibility index (Phi) is 5.53. The molecule has 1 aliphatic carbocycles. The van der Waals surface area contributed by atoms with Crippen molar-refractivity contribution < 1.29 is 0 Å². The number of hydrogen-bond acceptors (Lipinski definition) is 4. The third-order valence-corrected chi connectivity index (χ3v) is 7.03. The summed E-state index contributed by atoms with van der Waals surface area (Å²) >= 11 is 6.24. The van der Waals surface area contributed by atoms with Crippen LogP contribution in [0.1, 0.15) is 37.3 Å². The molecule has 2 heterocycles. The number of para-hydroxylation sites is 1. The zero-order chi connectivity index (χ0) is 22.1. The molecule has 6 heteroatoms. The molecule has 0 bridgehead atoms. The molecule has 0 radical (unpaired) electrons. The first kappa shape index (κ1) is 20.9. The van der Waals surface area contributed by atoms with Crippen LogP contribution in [-0.4, -0.2) is 21.3 Å². The number of hydrogen-bond donors (Lipinski definition) is 1. The molecule has 0 saturated heterocycles. The molecule has 0 unspecified atom stereocenters. The van der Waals surface area contributed by atoms with E-state index in [4.69, 9.17) is 22.4 Å². The van der Waals surface area contributed by atoms with Gasteiger partial charge in [0.15, 0.2) is 0 Å². The van der Waals surface area contributed by atoms with E-state index in [-0.39, 0.29) is 17.0 Å². The molecule has 0 spiro atoms. The summed E-state index contributed by atoms with van der Waals surface area (Å²) in [6.07, 6.45) is 5.29. The van der Waals surface area contributed by atoms with Crippen molar-refractivity contribution in [3.05, 3.63) is 93.9 Å². The largest absolute Gasteiger partial charge is 0.330 e. The maximum Gasteiger partial charge on any atom is 0.267 e. The maximum absolute atomic E-state index is 12.7. The highest BCUT2D eigenvalue weighted by molar-refractivity contribution is 6.30. The van der Waals surface area contributed by atoms with E-state index in [9.17, 15) is 4.79 Å². The summed E-state index contributed by atoms with van der Waals surface area (Å²) in [6.45, 7) is 0.561. The quantitative estimate of drug-likeness (QED) is 0.474. The molecule has 2 aromatic heterocycles. The van der Waals surface area contributed by atoms with Crippen LogP contribution in [0.2, 0.25) is 5.02 Å². The molecular weight excluding hydrogens is 420 g/mol. The fourth-order valence-corrected chi connectivity index (χ4v) is 5.07. The van der Waals surface area contributed by atoms with E-state index in [1.165, 1.54) is 5.56 Å². The van der Waals surface area contributed by atoms with Gasteiger partial charge in [0.25, 0.3) is 5.56 Å². The summed E-state index contributed by atoms with van der Waals surface area (Å²) < 4.78 is 1.66. The molecule has 5 rings (SSSR count). The van der Waals surface area contributed by atoms with Gasteiger partial charge in [0.1, 0.15) is 0 Å². The van der Waals surface area contributed by atoms with Crippen LogP contribution < -0.4 is 11.3 Å². The van der Waals surface area contributed by atoms with E-state index >= 15 is 0 Å². The Bertz CT molecular complexity index is 1320. The number of nitrogens with two attached hydrogens (primary N) is 1. The number of rotatable bonds is 4.